The fourth-order valence-electron chi connectivity index (χ4n) is 3.82. The van der Waals surface area contributed by atoms with E-state index in [0.29, 0.717) is 6.42 Å². The van der Waals surface area contributed by atoms with Gasteiger partial charge in [0.1, 0.15) is 5.82 Å². The molecule has 5 nitrogen and oxygen atoms in total. The molecular formula is C20H25ClN4O. The van der Waals surface area contributed by atoms with Gasteiger partial charge in [0.25, 0.3) is 0 Å². The van der Waals surface area contributed by atoms with Crippen LogP contribution in [-0.4, -0.2) is 35.5 Å². The molecule has 0 aliphatic carbocycles. The molecule has 3 heterocycles. The van der Waals surface area contributed by atoms with Gasteiger partial charge in [-0.1, -0.05) is 30.3 Å². The van der Waals surface area contributed by atoms with Crippen molar-refractivity contribution in [3.63, 3.8) is 0 Å². The Kier molecular flexibility index (Phi) is 6.09. The molecule has 2 saturated heterocycles. The van der Waals surface area contributed by atoms with E-state index in [4.69, 9.17) is 0 Å². The number of amides is 1. The minimum atomic E-state index is 0. The number of benzene rings is 1. The Labute approximate surface area is 160 Å². The van der Waals surface area contributed by atoms with E-state index in [-0.39, 0.29) is 18.3 Å². The van der Waals surface area contributed by atoms with Crippen molar-refractivity contribution in [3.8, 4) is 0 Å². The van der Waals surface area contributed by atoms with Gasteiger partial charge in [0, 0.05) is 32.3 Å². The van der Waals surface area contributed by atoms with Gasteiger partial charge >= 0.3 is 0 Å². The number of hydrogen-bond acceptors (Lipinski definition) is 4. The number of carbonyl (C=O) groups is 1. The molecule has 2 fully saturated rings. The summed E-state index contributed by atoms with van der Waals surface area (Å²) in [6.07, 6.45) is 6.79. The third-order valence-electron chi connectivity index (χ3n) is 5.24. The number of carbonyl (C=O) groups excluding carboxylic acids is 1. The van der Waals surface area contributed by atoms with E-state index in [1.807, 2.05) is 6.07 Å². The van der Waals surface area contributed by atoms with Crippen molar-refractivity contribution in [2.24, 2.45) is 5.92 Å². The Morgan fingerprint density at radius 1 is 1.04 bits per heavy atom. The lowest BCUT2D eigenvalue weighted by Crippen LogP contribution is -2.36. The lowest BCUT2D eigenvalue weighted by molar-refractivity contribution is -0.117. The van der Waals surface area contributed by atoms with Crippen molar-refractivity contribution >= 4 is 30.1 Å². The summed E-state index contributed by atoms with van der Waals surface area (Å²) in [6, 6.07) is 12.6. The first-order chi connectivity index (χ1) is 12.3. The molecule has 6 heteroatoms. The molecule has 26 heavy (non-hydrogen) atoms. The summed E-state index contributed by atoms with van der Waals surface area (Å²) in [7, 11) is 0. The molecule has 2 aliphatic heterocycles. The normalized spacial score (nSPS) is 18.1. The highest BCUT2D eigenvalue weighted by molar-refractivity contribution is 5.94. The molecule has 0 atom stereocenters. The zero-order valence-corrected chi connectivity index (χ0v) is 15.7. The molecule has 0 bridgehead atoms. The average molecular weight is 373 g/mol. The van der Waals surface area contributed by atoms with Crippen molar-refractivity contribution in [2.75, 3.05) is 29.4 Å². The number of anilines is 2. The fraction of sp³-hybridized carbons (Fsp3) is 0.450. The molecule has 1 aromatic carbocycles. The highest BCUT2D eigenvalue weighted by Crippen LogP contribution is 2.26. The van der Waals surface area contributed by atoms with Gasteiger partial charge in [-0.15, -0.1) is 12.4 Å². The average Bonchev–Trinajstić information content (AvgIpc) is 3.09. The summed E-state index contributed by atoms with van der Waals surface area (Å²) in [5.41, 5.74) is 1.42. The number of rotatable bonds is 4. The minimum absolute atomic E-state index is 0. The number of nitrogens with zero attached hydrogens (tertiary/aromatic N) is 4. The molecule has 138 valence electrons. The Morgan fingerprint density at radius 3 is 2.50 bits per heavy atom. The van der Waals surface area contributed by atoms with Crippen LogP contribution in [-0.2, 0) is 11.2 Å². The van der Waals surface area contributed by atoms with E-state index in [9.17, 15) is 4.79 Å². The first-order valence-corrected chi connectivity index (χ1v) is 9.22. The van der Waals surface area contributed by atoms with Gasteiger partial charge < -0.3 is 4.90 Å². The second-order valence-electron chi connectivity index (χ2n) is 6.98. The monoisotopic (exact) mass is 372 g/mol. The van der Waals surface area contributed by atoms with E-state index >= 15 is 0 Å². The van der Waals surface area contributed by atoms with Crippen molar-refractivity contribution in [1.29, 1.82) is 0 Å². The molecule has 2 aromatic rings. The summed E-state index contributed by atoms with van der Waals surface area (Å²) in [5, 5.41) is 0. The van der Waals surface area contributed by atoms with Crippen molar-refractivity contribution in [2.45, 2.75) is 32.1 Å². The predicted octanol–water partition coefficient (Wildman–Crippen LogP) is 3.48. The molecule has 1 aromatic heterocycles. The van der Waals surface area contributed by atoms with Crippen LogP contribution in [0, 0.1) is 5.92 Å². The number of halogens is 1. The number of aromatic nitrogens is 2. The fourth-order valence-corrected chi connectivity index (χ4v) is 3.82. The van der Waals surface area contributed by atoms with E-state index in [1.54, 1.807) is 11.1 Å². The van der Waals surface area contributed by atoms with Crippen LogP contribution in [0.15, 0.2) is 42.6 Å². The predicted molar refractivity (Wildman–Crippen MR) is 106 cm³/mol. The van der Waals surface area contributed by atoms with Crippen LogP contribution >= 0.6 is 12.4 Å². The largest absolute Gasteiger partial charge is 0.341 e. The summed E-state index contributed by atoms with van der Waals surface area (Å²) in [4.78, 5) is 25.1. The summed E-state index contributed by atoms with van der Waals surface area (Å²) in [6.45, 7) is 2.73. The van der Waals surface area contributed by atoms with Gasteiger partial charge in [0.05, 0.1) is 0 Å². The SMILES string of the molecule is Cl.O=C1CCCN1c1ccnc(N2CCC(Cc3ccccc3)CC2)n1. The van der Waals surface area contributed by atoms with Crippen LogP contribution < -0.4 is 9.80 Å². The zero-order valence-electron chi connectivity index (χ0n) is 14.9. The van der Waals surface area contributed by atoms with Gasteiger partial charge in [0.2, 0.25) is 11.9 Å². The molecule has 0 saturated carbocycles. The molecule has 0 unspecified atom stereocenters. The first kappa shape index (κ1) is 18.6. The van der Waals surface area contributed by atoms with Crippen molar-refractivity contribution < 1.29 is 4.79 Å². The van der Waals surface area contributed by atoms with Gasteiger partial charge in [0.15, 0.2) is 0 Å². The smallest absolute Gasteiger partial charge is 0.228 e. The van der Waals surface area contributed by atoms with Crippen LogP contribution in [0.2, 0.25) is 0 Å². The van der Waals surface area contributed by atoms with E-state index in [0.717, 1.165) is 63.0 Å². The quantitative estimate of drug-likeness (QED) is 0.824. The number of hydrogen-bond donors (Lipinski definition) is 0. The van der Waals surface area contributed by atoms with Crippen LogP contribution in [0.25, 0.3) is 0 Å². The Morgan fingerprint density at radius 2 is 1.81 bits per heavy atom. The Hall–Kier alpha value is -2.14. The lowest BCUT2D eigenvalue weighted by atomic mass is 9.90. The standard InChI is InChI=1S/C20H24N4O.ClH/c25-19-7-4-12-24(19)18-8-11-21-20(22-18)23-13-9-17(10-14-23)15-16-5-2-1-3-6-16;/h1-3,5-6,8,11,17H,4,7,9-10,12-15H2;1H. The highest BCUT2D eigenvalue weighted by Gasteiger charge is 2.25. The molecule has 0 radical (unpaired) electrons. The first-order valence-electron chi connectivity index (χ1n) is 9.22. The lowest BCUT2D eigenvalue weighted by Gasteiger charge is -2.32. The third-order valence-corrected chi connectivity index (χ3v) is 5.24. The molecule has 4 rings (SSSR count). The van der Waals surface area contributed by atoms with Gasteiger partial charge in [-0.25, -0.2) is 4.98 Å². The van der Waals surface area contributed by atoms with E-state index < -0.39 is 0 Å². The van der Waals surface area contributed by atoms with Gasteiger partial charge in [-0.05, 0) is 43.2 Å². The summed E-state index contributed by atoms with van der Waals surface area (Å²) in [5.74, 6) is 2.41. The second kappa shape index (κ2) is 8.49. The van der Waals surface area contributed by atoms with Gasteiger partial charge in [-0.3, -0.25) is 9.69 Å². The molecule has 0 spiro atoms. The molecular weight excluding hydrogens is 348 g/mol. The number of piperidine rings is 1. The zero-order chi connectivity index (χ0) is 17.1. The summed E-state index contributed by atoms with van der Waals surface area (Å²) >= 11 is 0. The topological polar surface area (TPSA) is 49.3 Å². The third kappa shape index (κ3) is 4.15. The maximum absolute atomic E-state index is 11.9. The van der Waals surface area contributed by atoms with Crippen molar-refractivity contribution in [3.05, 3.63) is 48.2 Å². The van der Waals surface area contributed by atoms with E-state index in [1.165, 1.54) is 5.56 Å². The van der Waals surface area contributed by atoms with Crippen LogP contribution in [0.5, 0.6) is 0 Å². The molecule has 1 amide bonds. The molecule has 2 aliphatic rings. The maximum Gasteiger partial charge on any atom is 0.228 e. The van der Waals surface area contributed by atoms with Gasteiger partial charge in [-0.2, -0.15) is 4.98 Å². The maximum atomic E-state index is 11.9. The second-order valence-corrected chi connectivity index (χ2v) is 6.98. The van der Waals surface area contributed by atoms with Crippen LogP contribution in [0.4, 0.5) is 11.8 Å². The Bertz CT molecular complexity index is 732. The van der Waals surface area contributed by atoms with E-state index in [2.05, 4.69) is 45.2 Å². The van der Waals surface area contributed by atoms with Crippen LogP contribution in [0.3, 0.4) is 0 Å². The van der Waals surface area contributed by atoms with Crippen LogP contribution in [0.1, 0.15) is 31.2 Å². The highest BCUT2D eigenvalue weighted by atomic mass is 35.5. The minimum Gasteiger partial charge on any atom is -0.341 e. The molecule has 0 N–H and O–H groups in total. The Balaban J connectivity index is 0.00000196. The summed E-state index contributed by atoms with van der Waals surface area (Å²) < 4.78 is 0. The van der Waals surface area contributed by atoms with Crippen molar-refractivity contribution in [1.82, 2.24) is 9.97 Å².